The number of carbonyl (C=O) groups is 1. The molecule has 1 aromatic carbocycles. The molecule has 0 bridgehead atoms. The number of hydrogen-bond acceptors (Lipinski definition) is 3. The molecule has 4 heteroatoms. The molecule has 2 heterocycles. The van der Waals surface area contributed by atoms with E-state index < -0.39 is 0 Å². The minimum absolute atomic E-state index is 0.0125. The van der Waals surface area contributed by atoms with Crippen LogP contribution in [0.1, 0.15) is 25.7 Å². The molecule has 0 spiro atoms. The van der Waals surface area contributed by atoms with Crippen LogP contribution in [0.5, 0.6) is 11.5 Å². The van der Waals surface area contributed by atoms with Crippen LogP contribution >= 0.6 is 0 Å². The molecule has 0 aliphatic carbocycles. The minimum Gasteiger partial charge on any atom is -0.486 e. The van der Waals surface area contributed by atoms with Crippen LogP contribution in [0.15, 0.2) is 24.3 Å². The van der Waals surface area contributed by atoms with Gasteiger partial charge in [0.25, 0.3) is 0 Å². The fourth-order valence-electron chi connectivity index (χ4n) is 2.61. The summed E-state index contributed by atoms with van der Waals surface area (Å²) in [6.45, 7) is 2.37. The smallest absolute Gasteiger partial charge is 0.222 e. The summed E-state index contributed by atoms with van der Waals surface area (Å²) in [6, 6.07) is 7.67. The number of likely N-dealkylation sites (tertiary alicyclic amines) is 1. The summed E-state index contributed by atoms with van der Waals surface area (Å²) >= 11 is 0. The third kappa shape index (κ3) is 2.83. The van der Waals surface area contributed by atoms with Crippen molar-refractivity contribution in [3.8, 4) is 11.5 Å². The second-order valence-electron chi connectivity index (χ2n) is 5.12. The fraction of sp³-hybridized carbons (Fsp3) is 0.533. The number of fused-ring (bicyclic) bond motifs is 1. The maximum absolute atomic E-state index is 12.0. The quantitative estimate of drug-likeness (QED) is 0.837. The van der Waals surface area contributed by atoms with Crippen molar-refractivity contribution >= 4 is 5.91 Å². The van der Waals surface area contributed by atoms with E-state index in [-0.39, 0.29) is 12.0 Å². The van der Waals surface area contributed by atoms with E-state index in [1.54, 1.807) is 0 Å². The summed E-state index contributed by atoms with van der Waals surface area (Å²) in [4.78, 5) is 13.9. The Morgan fingerprint density at radius 1 is 1.21 bits per heavy atom. The Labute approximate surface area is 113 Å². The number of rotatable bonds is 3. The number of nitrogens with zero attached hydrogens (tertiary/aromatic N) is 1. The molecule has 1 amide bonds. The lowest BCUT2D eigenvalue weighted by molar-refractivity contribution is -0.130. The van der Waals surface area contributed by atoms with Gasteiger partial charge in [0.2, 0.25) is 5.91 Å². The molecule has 0 saturated carbocycles. The van der Waals surface area contributed by atoms with Gasteiger partial charge >= 0.3 is 0 Å². The van der Waals surface area contributed by atoms with E-state index in [0.717, 1.165) is 43.9 Å². The fourth-order valence-corrected chi connectivity index (χ4v) is 2.61. The highest BCUT2D eigenvalue weighted by atomic mass is 16.6. The van der Waals surface area contributed by atoms with E-state index in [1.165, 1.54) is 0 Å². The van der Waals surface area contributed by atoms with Crippen molar-refractivity contribution in [2.75, 3.05) is 19.7 Å². The van der Waals surface area contributed by atoms with E-state index >= 15 is 0 Å². The number of para-hydroxylation sites is 2. The lowest BCUT2D eigenvalue weighted by Crippen LogP contribution is -2.32. The molecular weight excluding hydrogens is 242 g/mol. The van der Waals surface area contributed by atoms with Crippen LogP contribution in [0.2, 0.25) is 0 Å². The van der Waals surface area contributed by atoms with Gasteiger partial charge < -0.3 is 14.4 Å². The Bertz CT molecular complexity index is 454. The average Bonchev–Trinajstić information content (AvgIpc) is 2.99. The van der Waals surface area contributed by atoms with Crippen LogP contribution in [0.3, 0.4) is 0 Å². The van der Waals surface area contributed by atoms with Gasteiger partial charge in [0.1, 0.15) is 12.7 Å². The Kier molecular flexibility index (Phi) is 3.58. The molecule has 1 atom stereocenters. The van der Waals surface area contributed by atoms with E-state index in [1.807, 2.05) is 29.2 Å². The molecule has 0 aromatic heterocycles. The van der Waals surface area contributed by atoms with Crippen molar-refractivity contribution in [3.63, 3.8) is 0 Å². The molecule has 102 valence electrons. The second kappa shape index (κ2) is 5.51. The van der Waals surface area contributed by atoms with Crippen molar-refractivity contribution in [1.29, 1.82) is 0 Å². The van der Waals surface area contributed by atoms with Gasteiger partial charge in [0, 0.05) is 19.5 Å². The third-order valence-corrected chi connectivity index (χ3v) is 3.71. The van der Waals surface area contributed by atoms with Gasteiger partial charge in [-0.25, -0.2) is 0 Å². The highest BCUT2D eigenvalue weighted by molar-refractivity contribution is 5.76. The Balaban J connectivity index is 1.50. The van der Waals surface area contributed by atoms with Crippen molar-refractivity contribution in [3.05, 3.63) is 24.3 Å². The molecule has 1 fully saturated rings. The monoisotopic (exact) mass is 261 g/mol. The first-order chi connectivity index (χ1) is 9.33. The maximum atomic E-state index is 12.0. The first kappa shape index (κ1) is 12.3. The van der Waals surface area contributed by atoms with Crippen LogP contribution in [0.25, 0.3) is 0 Å². The van der Waals surface area contributed by atoms with Gasteiger partial charge in [0.15, 0.2) is 11.5 Å². The van der Waals surface area contributed by atoms with Gasteiger partial charge in [-0.2, -0.15) is 0 Å². The number of carbonyl (C=O) groups excluding carboxylic acids is 1. The van der Waals surface area contributed by atoms with Crippen molar-refractivity contribution in [2.45, 2.75) is 31.8 Å². The van der Waals surface area contributed by atoms with Gasteiger partial charge in [-0.3, -0.25) is 4.79 Å². The zero-order valence-electron chi connectivity index (χ0n) is 11.0. The van der Waals surface area contributed by atoms with Crippen molar-refractivity contribution < 1.29 is 14.3 Å². The molecule has 0 unspecified atom stereocenters. The highest BCUT2D eigenvalue weighted by Gasteiger charge is 2.23. The summed E-state index contributed by atoms with van der Waals surface area (Å²) in [5.41, 5.74) is 0. The van der Waals surface area contributed by atoms with Gasteiger partial charge in [0.05, 0.1) is 0 Å². The summed E-state index contributed by atoms with van der Waals surface area (Å²) in [5.74, 6) is 1.83. The summed E-state index contributed by atoms with van der Waals surface area (Å²) in [6.07, 6.45) is 3.55. The number of benzene rings is 1. The molecule has 1 aromatic rings. The molecule has 0 N–H and O–H groups in total. The zero-order chi connectivity index (χ0) is 13.1. The van der Waals surface area contributed by atoms with E-state index in [0.29, 0.717) is 13.0 Å². The molecule has 3 rings (SSSR count). The van der Waals surface area contributed by atoms with Gasteiger partial charge in [-0.1, -0.05) is 12.1 Å². The number of amides is 1. The zero-order valence-corrected chi connectivity index (χ0v) is 11.0. The van der Waals surface area contributed by atoms with Crippen LogP contribution in [0.4, 0.5) is 0 Å². The summed E-state index contributed by atoms with van der Waals surface area (Å²) in [7, 11) is 0. The van der Waals surface area contributed by atoms with E-state index in [4.69, 9.17) is 9.47 Å². The van der Waals surface area contributed by atoms with E-state index in [2.05, 4.69) is 0 Å². The van der Waals surface area contributed by atoms with Gasteiger partial charge in [-0.15, -0.1) is 0 Å². The predicted octanol–water partition coefficient (Wildman–Crippen LogP) is 2.23. The van der Waals surface area contributed by atoms with E-state index in [9.17, 15) is 4.79 Å². The Morgan fingerprint density at radius 2 is 1.95 bits per heavy atom. The number of ether oxygens (including phenoxy) is 2. The van der Waals surface area contributed by atoms with Crippen molar-refractivity contribution in [2.24, 2.45) is 0 Å². The first-order valence-electron chi connectivity index (χ1n) is 6.99. The average molecular weight is 261 g/mol. The molecule has 2 aliphatic heterocycles. The minimum atomic E-state index is -0.0125. The topological polar surface area (TPSA) is 38.8 Å². The van der Waals surface area contributed by atoms with Crippen LogP contribution in [-0.4, -0.2) is 36.6 Å². The highest BCUT2D eigenvalue weighted by Crippen LogP contribution is 2.31. The predicted molar refractivity (Wildman–Crippen MR) is 71.4 cm³/mol. The summed E-state index contributed by atoms with van der Waals surface area (Å²) in [5, 5.41) is 0. The SMILES string of the molecule is O=C(CC[C@H]1COc2ccccc2O1)N1CCCC1. The normalized spacial score (nSPS) is 21.5. The van der Waals surface area contributed by atoms with Crippen LogP contribution in [-0.2, 0) is 4.79 Å². The molecule has 2 aliphatic rings. The standard InChI is InChI=1S/C15H19NO3/c17-15(16-9-3-4-10-16)8-7-12-11-18-13-5-1-2-6-14(13)19-12/h1-2,5-6,12H,3-4,7-11H2/t12-/m0/s1. The summed E-state index contributed by atoms with van der Waals surface area (Å²) < 4.78 is 11.5. The molecule has 0 radical (unpaired) electrons. The Hall–Kier alpha value is -1.71. The second-order valence-corrected chi connectivity index (χ2v) is 5.12. The number of hydrogen-bond donors (Lipinski definition) is 0. The molecule has 1 saturated heterocycles. The largest absolute Gasteiger partial charge is 0.486 e. The molecular formula is C15H19NO3. The van der Waals surface area contributed by atoms with Crippen molar-refractivity contribution in [1.82, 2.24) is 4.90 Å². The first-order valence-corrected chi connectivity index (χ1v) is 6.99. The van der Waals surface area contributed by atoms with Crippen LogP contribution in [0, 0.1) is 0 Å². The molecule has 19 heavy (non-hydrogen) atoms. The van der Waals surface area contributed by atoms with Gasteiger partial charge in [-0.05, 0) is 31.4 Å². The molecule has 4 nitrogen and oxygen atoms in total. The Morgan fingerprint density at radius 3 is 2.74 bits per heavy atom. The lowest BCUT2D eigenvalue weighted by Gasteiger charge is -2.26. The lowest BCUT2D eigenvalue weighted by atomic mass is 10.1. The third-order valence-electron chi connectivity index (χ3n) is 3.71. The maximum Gasteiger partial charge on any atom is 0.222 e. The van der Waals surface area contributed by atoms with Crippen LogP contribution < -0.4 is 9.47 Å².